The van der Waals surface area contributed by atoms with Crippen molar-refractivity contribution in [3.05, 3.63) is 0 Å². The number of nitrogens with zero attached hydrogens (tertiary/aromatic N) is 1. The van der Waals surface area contributed by atoms with Crippen LogP contribution in [0.15, 0.2) is 0 Å². The molecule has 0 aliphatic rings. The van der Waals surface area contributed by atoms with Crippen LogP contribution >= 0.6 is 0 Å². The molecule has 4 heteroatoms. The SMILES string of the molecule is N#[C][Fe].[Co].[PbH2]. The summed E-state index contributed by atoms with van der Waals surface area (Å²) in [5, 5.41) is 7.21. The van der Waals surface area contributed by atoms with E-state index >= 15 is 0 Å². The van der Waals surface area contributed by atoms with Gasteiger partial charge in [-0.15, -0.1) is 0 Å². The van der Waals surface area contributed by atoms with E-state index in [1.54, 1.807) is 0 Å². The molecule has 0 fully saturated rings. The van der Waals surface area contributed by atoms with E-state index in [9.17, 15) is 0 Å². The quantitative estimate of drug-likeness (QED) is 0.520. The van der Waals surface area contributed by atoms with E-state index < -0.39 is 0 Å². The summed E-state index contributed by atoms with van der Waals surface area (Å²) >= 11 is 2.79. The minimum absolute atomic E-state index is 0. The molecule has 0 saturated heterocycles. The molecule has 0 bridgehead atoms. The molecule has 3 radical (unpaired) electrons. The van der Waals surface area contributed by atoms with Gasteiger partial charge in [0, 0.05) is 16.8 Å². The molecule has 0 aliphatic carbocycles. The summed E-state index contributed by atoms with van der Waals surface area (Å²) in [7, 11) is 0. The van der Waals surface area contributed by atoms with Crippen LogP contribution in [0.5, 0.6) is 0 Å². The Labute approximate surface area is 69.7 Å². The number of hydrogen-bond acceptors (Lipinski definition) is 1. The van der Waals surface area contributed by atoms with E-state index in [0.717, 1.165) is 0 Å². The summed E-state index contributed by atoms with van der Waals surface area (Å²) in [6.45, 7) is 0. The van der Waals surface area contributed by atoms with Crippen molar-refractivity contribution >= 4 is 27.3 Å². The summed E-state index contributed by atoms with van der Waals surface area (Å²) in [4.78, 5) is 1.50. The molecule has 1 nitrogen and oxygen atoms in total. The molecule has 5 heavy (non-hydrogen) atoms. The van der Waals surface area contributed by atoms with E-state index in [1.807, 2.05) is 0 Å². The van der Waals surface area contributed by atoms with Gasteiger partial charge in [-0.2, -0.15) is 0 Å². The Morgan fingerprint density at radius 3 is 1.60 bits per heavy atom. The van der Waals surface area contributed by atoms with E-state index in [2.05, 4.69) is 16.0 Å². The molecule has 0 spiro atoms. The Morgan fingerprint density at radius 2 is 1.60 bits per heavy atom. The van der Waals surface area contributed by atoms with E-state index in [1.165, 1.54) is 4.97 Å². The van der Waals surface area contributed by atoms with Crippen molar-refractivity contribution in [2.24, 2.45) is 0 Å². The topological polar surface area (TPSA) is 23.8 Å². The minimum atomic E-state index is 0. The van der Waals surface area contributed by atoms with Crippen molar-refractivity contribution in [3.63, 3.8) is 0 Å². The Kier molecular flexibility index (Phi) is 58.0. The zero-order valence-corrected chi connectivity index (χ0v) is 9.98. The van der Waals surface area contributed by atoms with Crippen LogP contribution in [0.4, 0.5) is 0 Å². The normalized spacial score (nSPS) is 1.60. The molecule has 0 aromatic carbocycles. The third kappa shape index (κ3) is 31.1. The summed E-state index contributed by atoms with van der Waals surface area (Å²) < 4.78 is 0. The molecule has 0 amide bonds. The molecule has 0 unspecified atom stereocenters. The van der Waals surface area contributed by atoms with E-state index in [4.69, 9.17) is 5.26 Å². The van der Waals surface area contributed by atoms with E-state index in [0.29, 0.717) is 0 Å². The second-order valence-corrected chi connectivity index (χ2v) is 0.326. The van der Waals surface area contributed by atoms with Crippen LogP contribution in [-0.4, -0.2) is 27.3 Å². The molecule has 0 heterocycles. The van der Waals surface area contributed by atoms with Crippen molar-refractivity contribution in [2.45, 2.75) is 0 Å². The van der Waals surface area contributed by atoms with Gasteiger partial charge in [0.05, 0.1) is 0 Å². The van der Waals surface area contributed by atoms with Crippen molar-refractivity contribution in [3.8, 4) is 4.97 Å². The predicted molar refractivity (Wildman–Crippen MR) is 14.2 cm³/mol. The van der Waals surface area contributed by atoms with Gasteiger partial charge in [0.15, 0.2) is 0 Å². The van der Waals surface area contributed by atoms with Crippen LogP contribution in [0, 0.1) is 10.2 Å². The van der Waals surface area contributed by atoms with Gasteiger partial charge in [-0.25, -0.2) is 0 Å². The molecule has 0 saturated carbocycles. The summed E-state index contributed by atoms with van der Waals surface area (Å²) in [6.07, 6.45) is 0. The zero-order chi connectivity index (χ0) is 2.71. The molecule has 0 aliphatic heterocycles. The summed E-state index contributed by atoms with van der Waals surface area (Å²) in [5.41, 5.74) is 0. The van der Waals surface area contributed by atoms with Gasteiger partial charge in [0.1, 0.15) is 0 Å². The Bertz CT molecular complexity index is 33.1. The number of hydrogen-bond donors (Lipinski definition) is 0. The monoisotopic (exact) mass is 351 g/mol. The van der Waals surface area contributed by atoms with Crippen LogP contribution in [0.25, 0.3) is 0 Å². The summed E-state index contributed by atoms with van der Waals surface area (Å²) in [5.74, 6) is 0. The average molecular weight is 350 g/mol. The van der Waals surface area contributed by atoms with Crippen LogP contribution in [0.1, 0.15) is 0 Å². The first-order valence-electron chi connectivity index (χ1n) is 0.400. The number of rotatable bonds is 0. The van der Waals surface area contributed by atoms with Gasteiger partial charge < -0.3 is 0 Å². The van der Waals surface area contributed by atoms with Gasteiger partial charge in [-0.1, -0.05) is 0 Å². The van der Waals surface area contributed by atoms with Gasteiger partial charge in [0.2, 0.25) is 0 Å². The van der Waals surface area contributed by atoms with Gasteiger partial charge in [-0.05, 0) is 0 Å². The first-order valence-corrected chi connectivity index (χ1v) is 0.952. The fraction of sp³-hybridized carbons (Fsp3) is 0. The number of nitriles is 1. The maximum atomic E-state index is 7.21. The van der Waals surface area contributed by atoms with Crippen LogP contribution in [-0.2, 0) is 32.8 Å². The van der Waals surface area contributed by atoms with Crippen LogP contribution in [0.2, 0.25) is 0 Å². The molecular weight excluding hydrogens is 348 g/mol. The second kappa shape index (κ2) is 18.0. The van der Waals surface area contributed by atoms with Gasteiger partial charge >= 0.3 is 53.5 Å². The zero-order valence-electron chi connectivity index (χ0n) is 2.34. The summed E-state index contributed by atoms with van der Waals surface area (Å²) in [6, 6.07) is 0. The van der Waals surface area contributed by atoms with Crippen molar-refractivity contribution in [1.82, 2.24) is 0 Å². The predicted octanol–water partition coefficient (Wildman–Crippen LogP) is -0.904. The second-order valence-electron chi connectivity index (χ2n) is 0.0791. The van der Waals surface area contributed by atoms with Gasteiger partial charge in [0.25, 0.3) is 0 Å². The Morgan fingerprint density at radius 1 is 1.60 bits per heavy atom. The first kappa shape index (κ1) is 16.1. The Balaban J connectivity index is -0.0000000200. The van der Waals surface area contributed by atoms with Crippen LogP contribution < -0.4 is 0 Å². The van der Waals surface area contributed by atoms with Crippen molar-refractivity contribution in [2.75, 3.05) is 0 Å². The van der Waals surface area contributed by atoms with Crippen molar-refractivity contribution in [1.29, 1.82) is 5.26 Å². The first-order chi connectivity index (χ1) is 1.41. The third-order valence-corrected chi connectivity index (χ3v) is 0. The van der Waals surface area contributed by atoms with Crippen molar-refractivity contribution < 1.29 is 32.8 Å². The molecule has 0 atom stereocenters. The molecule has 0 aromatic heterocycles. The van der Waals surface area contributed by atoms with E-state index in [-0.39, 0.29) is 44.1 Å². The average Bonchev–Trinajstić information content (AvgIpc) is 0.918. The van der Waals surface area contributed by atoms with Crippen LogP contribution in [0.3, 0.4) is 0 Å². The van der Waals surface area contributed by atoms with Gasteiger partial charge in [-0.3, -0.25) is 0 Å². The maximum absolute atomic E-state index is 7.21. The Hall–Kier alpha value is 1.44. The standard InChI is InChI=1S/CN.Co.Fe.Pb.2H/c1-2;;;;;. The molecule has 0 N–H and O–H groups in total. The fourth-order valence-corrected chi connectivity index (χ4v) is 0. The molecule has 0 aromatic rings. The third-order valence-electron chi connectivity index (χ3n) is 0. The molecule has 0 rings (SSSR count). The molecule has 32 valence electrons. The fourth-order valence-electron chi connectivity index (χ4n) is 0. The molecular formula is CH2CoFeNPb.